The third kappa shape index (κ3) is 2.61. The molecule has 2 N–H and O–H groups in total. The van der Waals surface area contributed by atoms with Gasteiger partial charge < -0.3 is 19.7 Å². The predicted molar refractivity (Wildman–Crippen MR) is 97.4 cm³/mol. The number of carbonyl (C=O) groups excluding carboxylic acids is 2. The Bertz CT molecular complexity index is 974. The summed E-state index contributed by atoms with van der Waals surface area (Å²) in [7, 11) is 0. The van der Waals surface area contributed by atoms with Gasteiger partial charge in [0.1, 0.15) is 34.0 Å². The Morgan fingerprint density at radius 2 is 1.85 bits per heavy atom. The molecule has 2 aliphatic heterocycles. The van der Waals surface area contributed by atoms with Crippen molar-refractivity contribution in [2.24, 2.45) is 0 Å². The van der Waals surface area contributed by atoms with Gasteiger partial charge in [-0.2, -0.15) is 0 Å². The normalized spacial score (nSPS) is 22.3. The summed E-state index contributed by atoms with van der Waals surface area (Å²) in [5, 5.41) is 21.1. The highest BCUT2D eigenvalue weighted by Gasteiger charge is 2.43. The van der Waals surface area contributed by atoms with Crippen molar-refractivity contribution < 1.29 is 29.3 Å². The minimum absolute atomic E-state index is 0.0383. The lowest BCUT2D eigenvalue weighted by Crippen LogP contribution is -2.37. The first-order chi connectivity index (χ1) is 12.8. The zero-order chi connectivity index (χ0) is 19.3. The van der Waals surface area contributed by atoms with Gasteiger partial charge in [-0.15, -0.1) is 0 Å². The van der Waals surface area contributed by atoms with E-state index >= 15 is 0 Å². The van der Waals surface area contributed by atoms with Gasteiger partial charge >= 0.3 is 0 Å². The molecule has 2 aromatic rings. The highest BCUT2D eigenvalue weighted by atomic mass is 16.5. The average Bonchev–Trinajstić information content (AvgIpc) is 2.64. The van der Waals surface area contributed by atoms with Crippen molar-refractivity contribution in [2.45, 2.75) is 31.7 Å². The molecule has 138 valence electrons. The molecule has 0 saturated carbocycles. The van der Waals surface area contributed by atoms with E-state index in [-0.39, 0.29) is 33.9 Å². The van der Waals surface area contributed by atoms with Gasteiger partial charge in [0.05, 0.1) is 5.56 Å². The van der Waals surface area contributed by atoms with E-state index in [4.69, 9.17) is 9.47 Å². The maximum atomic E-state index is 12.8. The van der Waals surface area contributed by atoms with E-state index in [0.717, 1.165) is 0 Å². The number of ketones is 1. The first-order valence-corrected chi connectivity index (χ1v) is 8.54. The highest BCUT2D eigenvalue weighted by Crippen LogP contribution is 2.50. The molecule has 27 heavy (non-hydrogen) atoms. The van der Waals surface area contributed by atoms with Gasteiger partial charge in [0, 0.05) is 0 Å². The number of aromatic hydroxyl groups is 1. The van der Waals surface area contributed by atoms with Gasteiger partial charge in [-0.3, -0.25) is 9.59 Å². The summed E-state index contributed by atoms with van der Waals surface area (Å²) < 4.78 is 11.7. The number of carbonyl (C=O) groups is 2. The second-order valence-corrected chi connectivity index (χ2v) is 7.12. The number of hydrogen-bond donors (Lipinski definition) is 2. The van der Waals surface area contributed by atoms with Gasteiger partial charge in [0.2, 0.25) is 5.78 Å². The fraction of sp³-hybridized carbons (Fsp3) is 0.238. The maximum Gasteiger partial charge on any atom is 0.202 e. The first-order valence-electron chi connectivity index (χ1n) is 8.54. The lowest BCUT2D eigenvalue weighted by molar-refractivity contribution is 0.0205. The van der Waals surface area contributed by atoms with Crippen LogP contribution in [0.5, 0.6) is 17.2 Å². The Morgan fingerprint density at radius 1 is 1.15 bits per heavy atom. The molecule has 2 unspecified atom stereocenters. The molecule has 2 atom stereocenters. The molecule has 4 rings (SSSR count). The average molecular weight is 366 g/mol. The van der Waals surface area contributed by atoms with Crippen molar-refractivity contribution in [3.05, 3.63) is 58.7 Å². The summed E-state index contributed by atoms with van der Waals surface area (Å²) >= 11 is 0. The van der Waals surface area contributed by atoms with Gasteiger partial charge in [0.25, 0.3) is 0 Å². The molecular weight excluding hydrogens is 348 g/mol. The van der Waals surface area contributed by atoms with Crippen LogP contribution in [0.25, 0.3) is 6.08 Å². The molecule has 6 nitrogen and oxygen atoms in total. The lowest BCUT2D eigenvalue weighted by Gasteiger charge is -2.34. The fourth-order valence-corrected chi connectivity index (χ4v) is 3.41. The van der Waals surface area contributed by atoms with E-state index < -0.39 is 23.6 Å². The fourth-order valence-electron chi connectivity index (χ4n) is 3.41. The number of Topliss-reactive ketones (excluding diaryl/α,β-unsaturated/α-hetero) is 1. The van der Waals surface area contributed by atoms with Crippen molar-refractivity contribution in [3.63, 3.8) is 0 Å². The summed E-state index contributed by atoms with van der Waals surface area (Å²) in [5.74, 6) is -0.985. The number of aldehydes is 1. The van der Waals surface area contributed by atoms with E-state index in [0.29, 0.717) is 11.8 Å². The zero-order valence-corrected chi connectivity index (χ0v) is 14.8. The van der Waals surface area contributed by atoms with Crippen LogP contribution in [0.1, 0.15) is 51.8 Å². The van der Waals surface area contributed by atoms with Crippen LogP contribution in [0.2, 0.25) is 0 Å². The first kappa shape index (κ1) is 17.3. The van der Waals surface area contributed by atoms with E-state index in [1.54, 1.807) is 56.3 Å². The van der Waals surface area contributed by atoms with Gasteiger partial charge in [-0.25, -0.2) is 0 Å². The number of phenols is 1. The third-order valence-electron chi connectivity index (χ3n) is 4.76. The monoisotopic (exact) mass is 366 g/mol. The Kier molecular flexibility index (Phi) is 3.82. The second-order valence-electron chi connectivity index (χ2n) is 7.12. The molecule has 0 bridgehead atoms. The molecule has 2 aromatic carbocycles. The minimum Gasteiger partial charge on any atom is -0.506 e. The molecular formula is C21H18O6. The van der Waals surface area contributed by atoms with Crippen LogP contribution in [-0.2, 0) is 0 Å². The number of fused-ring (bicyclic) bond motifs is 2. The summed E-state index contributed by atoms with van der Waals surface area (Å²) in [4.78, 5) is 24.7. The van der Waals surface area contributed by atoms with Crippen LogP contribution in [0, 0.1) is 0 Å². The Balaban J connectivity index is 1.94. The van der Waals surface area contributed by atoms with Gasteiger partial charge in [-0.05, 0) is 31.6 Å². The Morgan fingerprint density at radius 3 is 2.52 bits per heavy atom. The Labute approximate surface area is 155 Å². The topological polar surface area (TPSA) is 93.1 Å². The van der Waals surface area contributed by atoms with Crippen LogP contribution in [-0.4, -0.2) is 34.0 Å². The maximum absolute atomic E-state index is 12.8. The standard InChI is InChI=1S/C21H18O6/c1-21(2)9-8-12-15(23)14-16(24)17(25)18(11-6-4-3-5-7-11)26-20(14)13(10-22)19(12)27-21/h3-10,17-18,23,25H,1-2H3. The number of ether oxygens (including phenoxy) is 2. The smallest absolute Gasteiger partial charge is 0.202 e. The van der Waals surface area contributed by atoms with Crippen LogP contribution < -0.4 is 9.47 Å². The number of hydrogen-bond acceptors (Lipinski definition) is 6. The molecule has 0 saturated heterocycles. The molecule has 0 aromatic heterocycles. The quantitative estimate of drug-likeness (QED) is 0.794. The molecule has 2 aliphatic rings. The van der Waals surface area contributed by atoms with Gasteiger partial charge in [0.15, 0.2) is 18.5 Å². The molecule has 0 aliphatic carbocycles. The van der Waals surface area contributed by atoms with Crippen molar-refractivity contribution in [1.82, 2.24) is 0 Å². The number of aliphatic hydroxyl groups is 1. The summed E-state index contributed by atoms with van der Waals surface area (Å²) in [6.45, 7) is 3.61. The van der Waals surface area contributed by atoms with E-state index in [1.165, 1.54) is 0 Å². The summed E-state index contributed by atoms with van der Waals surface area (Å²) in [6, 6.07) is 8.75. The second kappa shape index (κ2) is 5.96. The molecule has 0 amide bonds. The van der Waals surface area contributed by atoms with Crippen molar-refractivity contribution in [3.8, 4) is 17.2 Å². The minimum atomic E-state index is -1.51. The SMILES string of the molecule is CC1(C)C=Cc2c(O)c3c(c(C=O)c2O1)OC(c1ccccc1)C(O)C3=O. The predicted octanol–water partition coefficient (Wildman–Crippen LogP) is 3.07. The summed E-state index contributed by atoms with van der Waals surface area (Å²) in [6.07, 6.45) is 1.36. The number of aliphatic hydroxyl groups excluding tert-OH is 1. The lowest BCUT2D eigenvalue weighted by atomic mass is 9.88. The van der Waals surface area contributed by atoms with E-state index in [1.807, 2.05) is 0 Å². The van der Waals surface area contributed by atoms with Crippen LogP contribution in [0.15, 0.2) is 36.4 Å². The molecule has 2 heterocycles. The van der Waals surface area contributed by atoms with Crippen LogP contribution in [0.4, 0.5) is 0 Å². The summed E-state index contributed by atoms with van der Waals surface area (Å²) in [5.41, 5.74) is -0.0563. The Hall–Kier alpha value is -3.12. The number of phenolic OH excluding ortho intramolecular Hbond substituents is 1. The van der Waals surface area contributed by atoms with Crippen LogP contribution in [0.3, 0.4) is 0 Å². The molecule has 6 heteroatoms. The largest absolute Gasteiger partial charge is 0.506 e. The van der Waals surface area contributed by atoms with E-state index in [9.17, 15) is 19.8 Å². The van der Waals surface area contributed by atoms with Crippen LogP contribution >= 0.6 is 0 Å². The van der Waals surface area contributed by atoms with Crippen molar-refractivity contribution >= 4 is 18.1 Å². The molecule has 0 fully saturated rings. The van der Waals surface area contributed by atoms with Crippen molar-refractivity contribution in [2.75, 3.05) is 0 Å². The number of rotatable bonds is 2. The third-order valence-corrected chi connectivity index (χ3v) is 4.76. The molecule has 0 spiro atoms. The highest BCUT2D eigenvalue weighted by molar-refractivity contribution is 6.09. The van der Waals surface area contributed by atoms with Crippen molar-refractivity contribution in [1.29, 1.82) is 0 Å². The molecule has 0 radical (unpaired) electrons. The van der Waals surface area contributed by atoms with E-state index in [2.05, 4.69) is 0 Å². The van der Waals surface area contributed by atoms with Gasteiger partial charge in [-0.1, -0.05) is 30.3 Å². The zero-order valence-electron chi connectivity index (χ0n) is 14.8. The number of benzene rings is 2.